The van der Waals surface area contributed by atoms with Gasteiger partial charge in [0.2, 0.25) is 0 Å². The third-order valence-electron chi connectivity index (χ3n) is 3.85. The van der Waals surface area contributed by atoms with Crippen LogP contribution in [-0.4, -0.2) is 22.8 Å². The van der Waals surface area contributed by atoms with E-state index in [1.807, 2.05) is 23.9 Å². The largest absolute Gasteiger partial charge is 0.381 e. The first-order valence-corrected chi connectivity index (χ1v) is 7.00. The summed E-state index contributed by atoms with van der Waals surface area (Å²) in [5.41, 5.74) is 2.65. The first kappa shape index (κ1) is 9.85. The Morgan fingerprint density at radius 1 is 1.47 bits per heavy atom. The molecule has 2 aliphatic heterocycles. The molecule has 0 saturated carbocycles. The van der Waals surface area contributed by atoms with Gasteiger partial charge in [-0.15, -0.1) is 11.3 Å². The number of imidazole rings is 1. The topological polar surface area (TPSA) is 27.1 Å². The van der Waals surface area contributed by atoms with Gasteiger partial charge in [0.1, 0.15) is 0 Å². The van der Waals surface area contributed by atoms with Crippen LogP contribution < -0.4 is 0 Å². The van der Waals surface area contributed by atoms with E-state index in [0.717, 1.165) is 13.2 Å². The van der Waals surface area contributed by atoms with E-state index in [4.69, 9.17) is 4.74 Å². The predicted molar refractivity (Wildman–Crippen MR) is 67.2 cm³/mol. The first-order valence-electron chi connectivity index (χ1n) is 6.12. The second-order valence-corrected chi connectivity index (χ2v) is 5.75. The number of hydrogen-bond acceptors (Lipinski definition) is 3. The Bertz CT molecular complexity index is 499. The molecule has 1 saturated heterocycles. The molecule has 0 aromatic carbocycles. The summed E-state index contributed by atoms with van der Waals surface area (Å²) < 4.78 is 7.98. The van der Waals surface area contributed by atoms with E-state index in [2.05, 4.69) is 21.0 Å². The van der Waals surface area contributed by atoms with E-state index in [0.29, 0.717) is 12.0 Å². The Morgan fingerprint density at radius 3 is 3.35 bits per heavy atom. The SMILES string of the molecule is c1cc2c(s1)[C@@H]([C@@H]1CCCOC1)n1cncc1-2. The Labute approximate surface area is 104 Å². The maximum Gasteiger partial charge on any atom is 0.0957 e. The van der Waals surface area contributed by atoms with E-state index < -0.39 is 0 Å². The monoisotopic (exact) mass is 246 g/mol. The van der Waals surface area contributed by atoms with Crippen LogP contribution in [0.25, 0.3) is 11.3 Å². The Hall–Kier alpha value is -1.13. The van der Waals surface area contributed by atoms with E-state index in [1.54, 1.807) is 0 Å². The molecule has 2 aromatic heterocycles. The number of aromatic nitrogens is 2. The van der Waals surface area contributed by atoms with Gasteiger partial charge in [-0.05, 0) is 24.3 Å². The van der Waals surface area contributed by atoms with E-state index in [9.17, 15) is 0 Å². The van der Waals surface area contributed by atoms with Crippen LogP contribution in [0.1, 0.15) is 23.8 Å². The predicted octanol–water partition coefficient (Wildman–Crippen LogP) is 2.94. The molecule has 0 aliphatic carbocycles. The Morgan fingerprint density at radius 2 is 2.47 bits per heavy atom. The van der Waals surface area contributed by atoms with Crippen molar-refractivity contribution in [1.29, 1.82) is 0 Å². The van der Waals surface area contributed by atoms with Gasteiger partial charge >= 0.3 is 0 Å². The maximum atomic E-state index is 5.65. The fourth-order valence-corrected chi connectivity index (χ4v) is 4.17. The smallest absolute Gasteiger partial charge is 0.0957 e. The molecule has 1 fully saturated rings. The van der Waals surface area contributed by atoms with Crippen molar-refractivity contribution in [3.05, 3.63) is 28.8 Å². The first-order chi connectivity index (χ1) is 8.45. The van der Waals surface area contributed by atoms with Crippen LogP contribution in [-0.2, 0) is 4.74 Å². The van der Waals surface area contributed by atoms with E-state index in [1.165, 1.54) is 29.0 Å². The third-order valence-corrected chi connectivity index (χ3v) is 4.84. The van der Waals surface area contributed by atoms with Crippen molar-refractivity contribution in [3.63, 3.8) is 0 Å². The second-order valence-electron chi connectivity index (χ2n) is 4.81. The molecule has 0 bridgehead atoms. The molecule has 2 aromatic rings. The molecule has 4 heterocycles. The van der Waals surface area contributed by atoms with Crippen molar-refractivity contribution in [1.82, 2.24) is 9.55 Å². The summed E-state index contributed by atoms with van der Waals surface area (Å²) in [7, 11) is 0. The number of nitrogens with zero attached hydrogens (tertiary/aromatic N) is 2. The molecule has 4 rings (SSSR count). The molecule has 3 nitrogen and oxygen atoms in total. The van der Waals surface area contributed by atoms with Crippen molar-refractivity contribution in [2.24, 2.45) is 5.92 Å². The Balaban J connectivity index is 1.81. The summed E-state index contributed by atoms with van der Waals surface area (Å²) in [6, 6.07) is 2.68. The van der Waals surface area contributed by atoms with Crippen molar-refractivity contribution < 1.29 is 4.74 Å². The van der Waals surface area contributed by atoms with Crippen molar-refractivity contribution in [2.75, 3.05) is 13.2 Å². The van der Waals surface area contributed by atoms with E-state index in [-0.39, 0.29) is 0 Å². The zero-order valence-electron chi connectivity index (χ0n) is 9.50. The van der Waals surface area contributed by atoms with Crippen LogP contribution >= 0.6 is 11.3 Å². The van der Waals surface area contributed by atoms with E-state index >= 15 is 0 Å². The average Bonchev–Trinajstić information content (AvgIpc) is 3.01. The van der Waals surface area contributed by atoms with Crippen LogP contribution in [0.15, 0.2) is 24.0 Å². The highest BCUT2D eigenvalue weighted by Crippen LogP contribution is 2.47. The summed E-state index contributed by atoms with van der Waals surface area (Å²) in [6.45, 7) is 1.82. The zero-order chi connectivity index (χ0) is 11.2. The fraction of sp³-hybridized carbons (Fsp3) is 0.462. The molecular weight excluding hydrogens is 232 g/mol. The quantitative estimate of drug-likeness (QED) is 0.773. The summed E-state index contributed by atoms with van der Waals surface area (Å²) in [5.74, 6) is 0.608. The van der Waals surface area contributed by atoms with Crippen molar-refractivity contribution >= 4 is 11.3 Å². The van der Waals surface area contributed by atoms with Gasteiger partial charge in [0.25, 0.3) is 0 Å². The van der Waals surface area contributed by atoms with Crippen molar-refractivity contribution in [2.45, 2.75) is 18.9 Å². The van der Waals surface area contributed by atoms with Gasteiger partial charge in [0.15, 0.2) is 0 Å². The lowest BCUT2D eigenvalue weighted by Gasteiger charge is -2.28. The number of hydrogen-bond donors (Lipinski definition) is 0. The lowest BCUT2D eigenvalue weighted by Crippen LogP contribution is -2.26. The average molecular weight is 246 g/mol. The Kier molecular flexibility index (Phi) is 2.13. The molecule has 0 spiro atoms. The van der Waals surface area contributed by atoms with Gasteiger partial charge in [-0.25, -0.2) is 4.98 Å². The summed E-state index contributed by atoms with van der Waals surface area (Å²) in [6.07, 6.45) is 6.40. The highest BCUT2D eigenvalue weighted by atomic mass is 32.1. The summed E-state index contributed by atoms with van der Waals surface area (Å²) in [5, 5.41) is 2.19. The summed E-state index contributed by atoms with van der Waals surface area (Å²) >= 11 is 1.87. The molecule has 17 heavy (non-hydrogen) atoms. The maximum absolute atomic E-state index is 5.65. The number of rotatable bonds is 1. The third kappa shape index (κ3) is 1.34. The highest BCUT2D eigenvalue weighted by molar-refractivity contribution is 7.10. The summed E-state index contributed by atoms with van der Waals surface area (Å²) in [4.78, 5) is 5.79. The van der Waals surface area contributed by atoms with Crippen LogP contribution in [0.4, 0.5) is 0 Å². The minimum absolute atomic E-state index is 0.461. The normalized spacial score (nSPS) is 26.8. The second kappa shape index (κ2) is 3.68. The van der Waals surface area contributed by atoms with Crippen LogP contribution in [0, 0.1) is 5.92 Å². The molecular formula is C13H14N2OS. The van der Waals surface area contributed by atoms with Crippen LogP contribution in [0.5, 0.6) is 0 Å². The number of thiophene rings is 1. The lowest BCUT2D eigenvalue weighted by molar-refractivity contribution is 0.0413. The lowest BCUT2D eigenvalue weighted by atomic mass is 9.93. The van der Waals surface area contributed by atoms with Gasteiger partial charge in [-0.2, -0.15) is 0 Å². The van der Waals surface area contributed by atoms with Crippen molar-refractivity contribution in [3.8, 4) is 11.3 Å². The van der Waals surface area contributed by atoms with Gasteiger partial charge < -0.3 is 9.30 Å². The molecule has 0 unspecified atom stereocenters. The van der Waals surface area contributed by atoms with Crippen LogP contribution in [0.3, 0.4) is 0 Å². The molecule has 4 heteroatoms. The number of ether oxygens (including phenoxy) is 1. The van der Waals surface area contributed by atoms with Crippen LogP contribution in [0.2, 0.25) is 0 Å². The van der Waals surface area contributed by atoms with Gasteiger partial charge in [0, 0.05) is 23.0 Å². The zero-order valence-corrected chi connectivity index (χ0v) is 10.3. The molecule has 88 valence electrons. The fourth-order valence-electron chi connectivity index (χ4n) is 3.08. The molecule has 0 amide bonds. The number of fused-ring (bicyclic) bond motifs is 3. The van der Waals surface area contributed by atoms with Gasteiger partial charge in [-0.3, -0.25) is 0 Å². The van der Waals surface area contributed by atoms with Gasteiger partial charge in [0.05, 0.1) is 30.9 Å². The molecule has 0 N–H and O–H groups in total. The standard InChI is InChI=1S/C13H14N2OS/c1-2-9(7-16-4-1)12-13-10(3-5-17-13)11-6-14-8-15(11)12/h3,5-6,8-9,12H,1-2,4,7H2/t9-,12-/m1/s1. The highest BCUT2D eigenvalue weighted by Gasteiger charge is 2.36. The minimum Gasteiger partial charge on any atom is -0.381 e. The molecule has 2 aliphatic rings. The molecule has 0 radical (unpaired) electrons. The minimum atomic E-state index is 0.461. The molecule has 2 atom stereocenters. The van der Waals surface area contributed by atoms with Gasteiger partial charge in [-0.1, -0.05) is 0 Å².